The molecule has 0 aliphatic carbocycles. The molecule has 88 valence electrons. The molecular weight excluding hydrogens is 306 g/mol. The molecule has 2 rings (SSSR count). The Morgan fingerprint density at radius 1 is 1.47 bits per heavy atom. The van der Waals surface area contributed by atoms with E-state index in [1.807, 2.05) is 0 Å². The first kappa shape index (κ1) is 12.2. The van der Waals surface area contributed by atoms with Crippen molar-refractivity contribution in [2.75, 3.05) is 0 Å². The summed E-state index contributed by atoms with van der Waals surface area (Å²) in [7, 11) is 0. The van der Waals surface area contributed by atoms with Gasteiger partial charge in [0.2, 0.25) is 0 Å². The molecule has 1 N–H and O–H groups in total. The van der Waals surface area contributed by atoms with Crippen LogP contribution in [0, 0.1) is 0 Å². The Kier molecular flexibility index (Phi) is 3.86. The van der Waals surface area contributed by atoms with Crippen molar-refractivity contribution >= 4 is 33.7 Å². The normalized spacial score (nSPS) is 10.4. The molecule has 0 amide bonds. The minimum atomic E-state index is -0.933. The minimum absolute atomic E-state index is 0.290. The standard InChI is InChI=1S/C11H8BrNO3S/c12-7-1-2-9(11(14)15)10(5-7)17-6-8-3-4-13-16-8/h1-5H,6H2,(H,14,15). The molecule has 0 aliphatic heterocycles. The van der Waals surface area contributed by atoms with Gasteiger partial charge in [-0.15, -0.1) is 11.8 Å². The highest BCUT2D eigenvalue weighted by Crippen LogP contribution is 2.29. The molecule has 0 saturated carbocycles. The molecule has 2 aromatic rings. The van der Waals surface area contributed by atoms with Gasteiger partial charge in [-0.2, -0.15) is 0 Å². The Hall–Kier alpha value is -1.27. The first-order valence-corrected chi connectivity index (χ1v) is 6.50. The van der Waals surface area contributed by atoms with Crippen molar-refractivity contribution in [2.45, 2.75) is 10.6 Å². The Morgan fingerprint density at radius 3 is 2.94 bits per heavy atom. The fourth-order valence-electron chi connectivity index (χ4n) is 1.26. The van der Waals surface area contributed by atoms with Crippen molar-refractivity contribution in [3.8, 4) is 0 Å². The smallest absolute Gasteiger partial charge is 0.336 e. The van der Waals surface area contributed by atoms with Gasteiger partial charge in [-0.3, -0.25) is 0 Å². The third-order valence-electron chi connectivity index (χ3n) is 2.04. The monoisotopic (exact) mass is 313 g/mol. The number of halogens is 1. The van der Waals surface area contributed by atoms with E-state index in [9.17, 15) is 4.79 Å². The molecular formula is C11H8BrNO3S. The molecule has 0 aliphatic rings. The molecule has 0 fully saturated rings. The lowest BCUT2D eigenvalue weighted by Crippen LogP contribution is -1.98. The van der Waals surface area contributed by atoms with Gasteiger partial charge < -0.3 is 9.63 Å². The third kappa shape index (κ3) is 3.10. The van der Waals surface area contributed by atoms with E-state index in [0.29, 0.717) is 16.4 Å². The van der Waals surface area contributed by atoms with Crippen molar-refractivity contribution in [3.63, 3.8) is 0 Å². The second-order valence-corrected chi connectivity index (χ2v) is 5.15. The quantitative estimate of drug-likeness (QED) is 0.876. The summed E-state index contributed by atoms with van der Waals surface area (Å²) in [6.07, 6.45) is 1.56. The van der Waals surface area contributed by atoms with Gasteiger partial charge in [0.05, 0.1) is 17.5 Å². The number of carbonyl (C=O) groups is 1. The molecule has 6 heteroatoms. The number of nitrogens with zero attached hydrogens (tertiary/aromatic N) is 1. The summed E-state index contributed by atoms with van der Waals surface area (Å²) in [6.45, 7) is 0. The molecule has 0 atom stereocenters. The van der Waals surface area contributed by atoms with E-state index in [-0.39, 0.29) is 5.56 Å². The number of aromatic nitrogens is 1. The average Bonchev–Trinajstić information content (AvgIpc) is 2.78. The van der Waals surface area contributed by atoms with Crippen LogP contribution in [0.5, 0.6) is 0 Å². The van der Waals surface area contributed by atoms with Crippen LogP contribution in [-0.4, -0.2) is 16.2 Å². The molecule has 1 heterocycles. The van der Waals surface area contributed by atoms with Crippen LogP contribution < -0.4 is 0 Å². The van der Waals surface area contributed by atoms with Crippen LogP contribution in [0.4, 0.5) is 0 Å². The van der Waals surface area contributed by atoms with E-state index in [4.69, 9.17) is 9.63 Å². The molecule has 0 radical (unpaired) electrons. The van der Waals surface area contributed by atoms with Crippen LogP contribution in [0.2, 0.25) is 0 Å². The number of thioether (sulfide) groups is 1. The maximum absolute atomic E-state index is 11.0. The predicted molar refractivity (Wildman–Crippen MR) is 67.2 cm³/mol. The highest BCUT2D eigenvalue weighted by atomic mass is 79.9. The lowest BCUT2D eigenvalue weighted by molar-refractivity contribution is 0.0693. The van der Waals surface area contributed by atoms with Crippen LogP contribution in [0.1, 0.15) is 16.1 Å². The molecule has 4 nitrogen and oxygen atoms in total. The van der Waals surface area contributed by atoms with E-state index >= 15 is 0 Å². The van der Waals surface area contributed by atoms with Gasteiger partial charge in [0.1, 0.15) is 5.76 Å². The summed E-state index contributed by atoms with van der Waals surface area (Å²) in [5, 5.41) is 12.6. The zero-order valence-corrected chi connectivity index (χ0v) is 11.0. The molecule has 0 unspecified atom stereocenters. The number of rotatable bonds is 4. The summed E-state index contributed by atoms with van der Waals surface area (Å²) in [4.78, 5) is 11.7. The number of hydrogen-bond donors (Lipinski definition) is 1. The SMILES string of the molecule is O=C(O)c1ccc(Br)cc1SCc1ccno1. The van der Waals surface area contributed by atoms with Gasteiger partial charge in [0, 0.05) is 15.4 Å². The number of carboxylic acid groups (broad SMARTS) is 1. The lowest BCUT2D eigenvalue weighted by atomic mass is 10.2. The second-order valence-electron chi connectivity index (χ2n) is 3.21. The van der Waals surface area contributed by atoms with Crippen molar-refractivity contribution in [3.05, 3.63) is 46.3 Å². The molecule has 0 saturated heterocycles. The molecule has 0 spiro atoms. The van der Waals surface area contributed by atoms with Crippen LogP contribution in [0.3, 0.4) is 0 Å². The summed E-state index contributed by atoms with van der Waals surface area (Å²) in [5.41, 5.74) is 0.290. The third-order valence-corrected chi connectivity index (χ3v) is 3.61. The highest BCUT2D eigenvalue weighted by Gasteiger charge is 2.11. The molecule has 0 bridgehead atoms. The summed E-state index contributed by atoms with van der Waals surface area (Å²) < 4.78 is 5.81. The topological polar surface area (TPSA) is 63.3 Å². The van der Waals surface area contributed by atoms with Crippen LogP contribution in [-0.2, 0) is 5.75 Å². The maximum Gasteiger partial charge on any atom is 0.336 e. The zero-order valence-electron chi connectivity index (χ0n) is 8.59. The summed E-state index contributed by atoms with van der Waals surface area (Å²) in [5.74, 6) is 0.334. The van der Waals surface area contributed by atoms with Crippen molar-refractivity contribution in [1.29, 1.82) is 0 Å². The van der Waals surface area contributed by atoms with Gasteiger partial charge in [-0.1, -0.05) is 21.1 Å². The largest absolute Gasteiger partial charge is 0.478 e. The molecule has 1 aromatic heterocycles. The van der Waals surface area contributed by atoms with E-state index in [1.165, 1.54) is 11.8 Å². The highest BCUT2D eigenvalue weighted by molar-refractivity contribution is 9.10. The number of benzene rings is 1. The van der Waals surface area contributed by atoms with Crippen LogP contribution in [0.25, 0.3) is 0 Å². The van der Waals surface area contributed by atoms with E-state index in [0.717, 1.165) is 4.47 Å². The Balaban J connectivity index is 2.19. The van der Waals surface area contributed by atoms with Gasteiger partial charge >= 0.3 is 5.97 Å². The summed E-state index contributed by atoms with van der Waals surface area (Å²) >= 11 is 4.72. The maximum atomic E-state index is 11.0. The van der Waals surface area contributed by atoms with E-state index in [2.05, 4.69) is 21.1 Å². The van der Waals surface area contributed by atoms with E-state index in [1.54, 1.807) is 30.5 Å². The van der Waals surface area contributed by atoms with Crippen LogP contribution >= 0.6 is 27.7 Å². The van der Waals surface area contributed by atoms with Crippen LogP contribution in [0.15, 0.2) is 44.4 Å². The van der Waals surface area contributed by atoms with Gasteiger partial charge in [0.15, 0.2) is 0 Å². The zero-order chi connectivity index (χ0) is 12.3. The summed E-state index contributed by atoms with van der Waals surface area (Å²) in [6, 6.07) is 6.83. The van der Waals surface area contributed by atoms with Crippen molar-refractivity contribution in [2.24, 2.45) is 0 Å². The number of hydrogen-bond acceptors (Lipinski definition) is 4. The first-order valence-electron chi connectivity index (χ1n) is 4.72. The Labute approximate surface area is 110 Å². The van der Waals surface area contributed by atoms with E-state index < -0.39 is 5.97 Å². The van der Waals surface area contributed by atoms with Gasteiger partial charge in [-0.05, 0) is 18.2 Å². The molecule has 17 heavy (non-hydrogen) atoms. The fraction of sp³-hybridized carbons (Fsp3) is 0.0909. The number of carboxylic acids is 1. The Bertz CT molecular complexity index is 528. The second kappa shape index (κ2) is 5.37. The average molecular weight is 314 g/mol. The lowest BCUT2D eigenvalue weighted by Gasteiger charge is -2.04. The Morgan fingerprint density at radius 2 is 2.29 bits per heavy atom. The first-order chi connectivity index (χ1) is 8.16. The van der Waals surface area contributed by atoms with Gasteiger partial charge in [-0.25, -0.2) is 4.79 Å². The van der Waals surface area contributed by atoms with Gasteiger partial charge in [0.25, 0.3) is 0 Å². The fourth-order valence-corrected chi connectivity index (χ4v) is 2.74. The molecule has 1 aromatic carbocycles. The predicted octanol–water partition coefficient (Wildman–Crippen LogP) is 3.43. The number of aromatic carboxylic acids is 1. The minimum Gasteiger partial charge on any atom is -0.478 e. The van der Waals surface area contributed by atoms with Crippen molar-refractivity contribution in [1.82, 2.24) is 5.16 Å². The van der Waals surface area contributed by atoms with Crippen molar-refractivity contribution < 1.29 is 14.4 Å².